The first-order chi connectivity index (χ1) is 11.6. The van der Waals surface area contributed by atoms with Crippen molar-refractivity contribution < 1.29 is 9.53 Å². The van der Waals surface area contributed by atoms with E-state index in [0.29, 0.717) is 11.3 Å². The molecule has 122 valence electrons. The van der Waals surface area contributed by atoms with Crippen molar-refractivity contribution in [2.75, 3.05) is 5.32 Å². The first-order valence-electron chi connectivity index (χ1n) is 7.42. The molecule has 0 saturated heterocycles. The largest absolute Gasteiger partial charge is 0.486 e. The van der Waals surface area contributed by atoms with Gasteiger partial charge >= 0.3 is 0 Å². The second-order valence-corrected chi connectivity index (χ2v) is 6.09. The number of carbonyl (C=O) groups excluding carboxylic acids is 1. The van der Waals surface area contributed by atoms with Crippen molar-refractivity contribution in [2.24, 2.45) is 5.73 Å². The van der Waals surface area contributed by atoms with Gasteiger partial charge in [0.05, 0.1) is 11.3 Å². The maximum atomic E-state index is 11.4. The van der Waals surface area contributed by atoms with Gasteiger partial charge in [0.2, 0.25) is 0 Å². The van der Waals surface area contributed by atoms with Crippen molar-refractivity contribution in [3.8, 4) is 5.75 Å². The number of ether oxygens (including phenoxy) is 1. The topological polar surface area (TPSA) is 77.2 Å². The van der Waals surface area contributed by atoms with Gasteiger partial charge in [-0.15, -0.1) is 11.3 Å². The van der Waals surface area contributed by atoms with Crippen LogP contribution in [0.2, 0.25) is 0 Å². The van der Waals surface area contributed by atoms with E-state index < -0.39 is 5.91 Å². The first kappa shape index (κ1) is 16.0. The molecule has 0 fully saturated rings. The van der Waals surface area contributed by atoms with E-state index in [4.69, 9.17) is 10.5 Å². The molecule has 0 unspecified atom stereocenters. The van der Waals surface area contributed by atoms with Gasteiger partial charge in [-0.3, -0.25) is 4.79 Å². The van der Waals surface area contributed by atoms with Gasteiger partial charge in [0, 0.05) is 11.1 Å². The molecule has 0 aliphatic heterocycles. The summed E-state index contributed by atoms with van der Waals surface area (Å²) in [7, 11) is 0. The number of aryl methyl sites for hydroxylation is 1. The Balaban J connectivity index is 1.67. The van der Waals surface area contributed by atoms with E-state index in [9.17, 15) is 4.79 Å². The van der Waals surface area contributed by atoms with Gasteiger partial charge in [0.25, 0.3) is 5.91 Å². The van der Waals surface area contributed by atoms with Crippen molar-refractivity contribution in [3.63, 3.8) is 0 Å². The second-order valence-electron chi connectivity index (χ2n) is 5.23. The Morgan fingerprint density at radius 2 is 1.96 bits per heavy atom. The first-order valence-corrected chi connectivity index (χ1v) is 8.30. The molecule has 0 bridgehead atoms. The van der Waals surface area contributed by atoms with Crippen LogP contribution in [0.25, 0.3) is 0 Å². The minimum absolute atomic E-state index is 0.274. The molecular weight excluding hydrogens is 322 g/mol. The highest BCUT2D eigenvalue weighted by molar-refractivity contribution is 7.13. The van der Waals surface area contributed by atoms with Gasteiger partial charge in [0.1, 0.15) is 12.4 Å². The number of carbonyl (C=O) groups is 1. The molecule has 5 nitrogen and oxygen atoms in total. The molecule has 0 aliphatic carbocycles. The molecule has 0 spiro atoms. The fourth-order valence-corrected chi connectivity index (χ4v) is 2.91. The van der Waals surface area contributed by atoms with Crippen molar-refractivity contribution in [3.05, 3.63) is 70.7 Å². The maximum Gasteiger partial charge on any atom is 0.252 e. The summed E-state index contributed by atoms with van der Waals surface area (Å²) in [5.74, 6) is -0.0443. The van der Waals surface area contributed by atoms with Crippen LogP contribution in [0.5, 0.6) is 5.75 Å². The van der Waals surface area contributed by atoms with Gasteiger partial charge in [-0.2, -0.15) is 0 Å². The number of benzene rings is 2. The van der Waals surface area contributed by atoms with Gasteiger partial charge < -0.3 is 15.8 Å². The lowest BCUT2D eigenvalue weighted by atomic mass is 10.2. The Morgan fingerprint density at radius 1 is 1.21 bits per heavy atom. The van der Waals surface area contributed by atoms with Crippen molar-refractivity contribution in [2.45, 2.75) is 13.5 Å². The Labute approximate surface area is 144 Å². The predicted octanol–water partition coefficient (Wildman–Crippen LogP) is 3.87. The van der Waals surface area contributed by atoms with E-state index in [1.165, 1.54) is 11.3 Å². The SMILES string of the molecule is Cc1ccccc1Nc1nc(COc2ccccc2C(N)=O)cs1. The van der Waals surface area contributed by atoms with E-state index in [1.807, 2.05) is 36.6 Å². The number of rotatable bonds is 6. The summed E-state index contributed by atoms with van der Waals surface area (Å²) >= 11 is 1.50. The molecule has 3 N–H and O–H groups in total. The minimum Gasteiger partial charge on any atom is -0.486 e. The zero-order valence-electron chi connectivity index (χ0n) is 13.2. The maximum absolute atomic E-state index is 11.4. The predicted molar refractivity (Wildman–Crippen MR) is 95.9 cm³/mol. The monoisotopic (exact) mass is 339 g/mol. The van der Waals surface area contributed by atoms with Crippen LogP contribution in [0.3, 0.4) is 0 Å². The zero-order valence-corrected chi connectivity index (χ0v) is 14.0. The molecule has 3 aromatic rings. The highest BCUT2D eigenvalue weighted by Gasteiger charge is 2.10. The van der Waals surface area contributed by atoms with Crippen molar-refractivity contribution in [1.29, 1.82) is 0 Å². The highest BCUT2D eigenvalue weighted by atomic mass is 32.1. The van der Waals surface area contributed by atoms with Crippen LogP contribution in [0.1, 0.15) is 21.6 Å². The molecule has 24 heavy (non-hydrogen) atoms. The number of amides is 1. The fraction of sp³-hybridized carbons (Fsp3) is 0.111. The lowest BCUT2D eigenvalue weighted by Gasteiger charge is -2.08. The van der Waals surface area contributed by atoms with E-state index in [0.717, 1.165) is 22.1 Å². The molecule has 1 heterocycles. The molecule has 0 saturated carbocycles. The summed E-state index contributed by atoms with van der Waals surface area (Å²) in [6.07, 6.45) is 0. The molecule has 6 heteroatoms. The fourth-order valence-electron chi connectivity index (χ4n) is 2.21. The lowest BCUT2D eigenvalue weighted by molar-refractivity contribution is 0.0996. The van der Waals surface area contributed by atoms with Gasteiger partial charge in [-0.25, -0.2) is 4.98 Å². The standard InChI is InChI=1S/C18H17N3O2S/c1-12-6-2-4-8-15(12)21-18-20-13(11-24-18)10-23-16-9-5-3-7-14(16)17(19)22/h2-9,11H,10H2,1H3,(H2,19,22)(H,20,21). The Hall–Kier alpha value is -2.86. The normalized spacial score (nSPS) is 10.4. The number of aromatic nitrogens is 1. The summed E-state index contributed by atoms with van der Waals surface area (Å²) in [6.45, 7) is 2.32. The smallest absolute Gasteiger partial charge is 0.252 e. The number of hydrogen-bond acceptors (Lipinski definition) is 5. The molecule has 3 rings (SSSR count). The second kappa shape index (κ2) is 7.14. The van der Waals surface area contributed by atoms with Crippen LogP contribution >= 0.6 is 11.3 Å². The third kappa shape index (κ3) is 3.72. The molecule has 0 atom stereocenters. The van der Waals surface area contributed by atoms with E-state index >= 15 is 0 Å². The lowest BCUT2D eigenvalue weighted by Crippen LogP contribution is -2.12. The van der Waals surface area contributed by atoms with Crippen LogP contribution in [-0.4, -0.2) is 10.9 Å². The Bertz CT molecular complexity index is 861. The van der Waals surface area contributed by atoms with Crippen molar-refractivity contribution in [1.82, 2.24) is 4.98 Å². The third-order valence-corrected chi connectivity index (χ3v) is 4.27. The molecule has 1 amide bonds. The number of primary amides is 1. The summed E-state index contributed by atoms with van der Waals surface area (Å²) in [5.41, 5.74) is 8.68. The Kier molecular flexibility index (Phi) is 4.77. The molecule has 2 aromatic carbocycles. The average molecular weight is 339 g/mol. The average Bonchev–Trinajstić information content (AvgIpc) is 3.03. The van der Waals surface area contributed by atoms with Crippen LogP contribution in [0.15, 0.2) is 53.9 Å². The molecule has 1 aromatic heterocycles. The number of anilines is 2. The van der Waals surface area contributed by atoms with Gasteiger partial charge in [-0.1, -0.05) is 30.3 Å². The molecular formula is C18H17N3O2S. The summed E-state index contributed by atoms with van der Waals surface area (Å²) < 4.78 is 5.69. The van der Waals surface area contributed by atoms with Crippen LogP contribution in [0.4, 0.5) is 10.8 Å². The number of nitrogens with one attached hydrogen (secondary N) is 1. The summed E-state index contributed by atoms with van der Waals surface area (Å²) in [5, 5.41) is 6.02. The number of hydrogen-bond donors (Lipinski definition) is 2. The van der Waals surface area contributed by atoms with Crippen molar-refractivity contribution >= 4 is 28.1 Å². The minimum atomic E-state index is -0.509. The van der Waals surface area contributed by atoms with Crippen LogP contribution in [-0.2, 0) is 6.61 Å². The molecule has 0 aliphatic rings. The summed E-state index contributed by atoms with van der Waals surface area (Å²) in [4.78, 5) is 15.9. The van der Waals surface area contributed by atoms with Crippen LogP contribution in [0, 0.1) is 6.92 Å². The quantitative estimate of drug-likeness (QED) is 0.714. The number of nitrogens with zero attached hydrogens (tertiary/aromatic N) is 1. The zero-order chi connectivity index (χ0) is 16.9. The number of nitrogens with two attached hydrogens (primary N) is 1. The van der Waals surface area contributed by atoms with Crippen LogP contribution < -0.4 is 15.8 Å². The highest BCUT2D eigenvalue weighted by Crippen LogP contribution is 2.24. The Morgan fingerprint density at radius 3 is 2.75 bits per heavy atom. The number of thiazole rings is 1. The van der Waals surface area contributed by atoms with E-state index in [-0.39, 0.29) is 6.61 Å². The van der Waals surface area contributed by atoms with E-state index in [2.05, 4.69) is 10.3 Å². The third-order valence-electron chi connectivity index (χ3n) is 3.47. The summed E-state index contributed by atoms with van der Waals surface area (Å²) in [6, 6.07) is 14.9. The molecule has 0 radical (unpaired) electrons. The van der Waals surface area contributed by atoms with E-state index in [1.54, 1.807) is 24.3 Å². The van der Waals surface area contributed by atoms with Gasteiger partial charge in [0.15, 0.2) is 5.13 Å². The number of para-hydroxylation sites is 2. The van der Waals surface area contributed by atoms with Gasteiger partial charge in [-0.05, 0) is 30.7 Å².